The highest BCUT2D eigenvalue weighted by molar-refractivity contribution is 9.10. The molecule has 1 spiro atoms. The molecule has 1 aromatic carbocycles. The molecule has 3 aromatic rings. The number of carbonyl (C=O) groups excluding carboxylic acids is 2. The van der Waals surface area contributed by atoms with Crippen molar-refractivity contribution in [1.82, 2.24) is 14.5 Å². The van der Waals surface area contributed by atoms with Crippen molar-refractivity contribution in [2.45, 2.75) is 31.9 Å². The molecule has 1 aliphatic heterocycles. The number of nitrogens with two attached hydrogens (primary N) is 1. The largest absolute Gasteiger partial charge is 0.445 e. The third-order valence-corrected chi connectivity index (χ3v) is 7.08. The zero-order valence-electron chi connectivity index (χ0n) is 17.5. The number of carbonyl (C=O) groups is 2. The van der Waals surface area contributed by atoms with Crippen molar-refractivity contribution >= 4 is 39.1 Å². The molecule has 1 saturated carbocycles. The van der Waals surface area contributed by atoms with Crippen LogP contribution in [0, 0.1) is 5.41 Å². The number of ether oxygens (including phenoxy) is 1. The van der Waals surface area contributed by atoms with E-state index in [1.54, 1.807) is 9.42 Å². The van der Waals surface area contributed by atoms with Crippen molar-refractivity contribution in [2.75, 3.05) is 18.4 Å². The van der Waals surface area contributed by atoms with Crippen molar-refractivity contribution < 1.29 is 14.3 Å². The number of anilines is 1. The van der Waals surface area contributed by atoms with E-state index in [4.69, 9.17) is 10.5 Å². The van der Waals surface area contributed by atoms with E-state index in [0.29, 0.717) is 24.3 Å². The fraction of sp³-hybridized carbons (Fsp3) is 0.348. The molecule has 1 aliphatic carbocycles. The minimum absolute atomic E-state index is 0.0153. The quantitative estimate of drug-likeness (QED) is 0.558. The first-order valence-electron chi connectivity index (χ1n) is 10.6. The number of amides is 2. The lowest BCUT2D eigenvalue weighted by Crippen LogP contribution is -2.45. The normalized spacial score (nSPS) is 19.2. The number of fused-ring (bicyclic) bond motifs is 1. The number of hydrogen-bond acceptors (Lipinski definition) is 5. The van der Waals surface area contributed by atoms with Gasteiger partial charge in [0.15, 0.2) is 0 Å². The number of halogens is 1. The molecule has 1 atom stereocenters. The Hall–Kier alpha value is -3.07. The van der Waals surface area contributed by atoms with Crippen molar-refractivity contribution in [3.63, 3.8) is 0 Å². The van der Waals surface area contributed by atoms with Gasteiger partial charge in [0.05, 0.1) is 29.0 Å². The topological polar surface area (TPSA) is 102 Å². The van der Waals surface area contributed by atoms with Gasteiger partial charge in [0.25, 0.3) is 5.91 Å². The van der Waals surface area contributed by atoms with Crippen molar-refractivity contribution in [2.24, 2.45) is 11.1 Å². The molecule has 9 heteroatoms. The van der Waals surface area contributed by atoms with Crippen LogP contribution in [0.25, 0.3) is 5.52 Å². The van der Waals surface area contributed by atoms with Gasteiger partial charge in [-0.25, -0.2) is 9.31 Å². The summed E-state index contributed by atoms with van der Waals surface area (Å²) in [6.45, 7) is 1.38. The Kier molecular flexibility index (Phi) is 5.28. The van der Waals surface area contributed by atoms with Gasteiger partial charge in [-0.1, -0.05) is 36.8 Å². The van der Waals surface area contributed by atoms with Crippen LogP contribution in [0.15, 0.2) is 53.3 Å². The number of benzene rings is 1. The molecule has 2 aliphatic rings. The Labute approximate surface area is 193 Å². The summed E-state index contributed by atoms with van der Waals surface area (Å²) in [7, 11) is 0. The van der Waals surface area contributed by atoms with Gasteiger partial charge in [-0.2, -0.15) is 5.10 Å². The second-order valence-electron chi connectivity index (χ2n) is 8.62. The molecule has 8 nitrogen and oxygen atoms in total. The van der Waals surface area contributed by atoms with E-state index in [0.717, 1.165) is 34.8 Å². The lowest BCUT2D eigenvalue weighted by atomic mass is 9.65. The molecular formula is C23H24BrN5O3. The summed E-state index contributed by atoms with van der Waals surface area (Å²) in [5.74, 6) is -0.542. The Morgan fingerprint density at radius 2 is 2.06 bits per heavy atom. The Balaban J connectivity index is 1.38. The Morgan fingerprint density at radius 3 is 2.75 bits per heavy atom. The van der Waals surface area contributed by atoms with Gasteiger partial charge < -0.3 is 20.7 Å². The van der Waals surface area contributed by atoms with Crippen LogP contribution in [0.3, 0.4) is 0 Å². The molecule has 0 unspecified atom stereocenters. The zero-order valence-corrected chi connectivity index (χ0v) is 19.0. The van der Waals surface area contributed by atoms with Crippen LogP contribution in [0.4, 0.5) is 10.5 Å². The summed E-state index contributed by atoms with van der Waals surface area (Å²) in [6.07, 6.45) is 6.15. The Bertz CT molecular complexity index is 1180. The maximum atomic E-state index is 12.8. The number of nitrogens with one attached hydrogen (secondary N) is 1. The van der Waals surface area contributed by atoms with Crippen LogP contribution in [-0.2, 0) is 11.3 Å². The van der Waals surface area contributed by atoms with E-state index in [1.807, 2.05) is 42.6 Å². The maximum absolute atomic E-state index is 12.8. The van der Waals surface area contributed by atoms with E-state index in [9.17, 15) is 9.59 Å². The van der Waals surface area contributed by atoms with Gasteiger partial charge >= 0.3 is 6.09 Å². The monoisotopic (exact) mass is 497 g/mol. The third kappa shape index (κ3) is 3.70. The zero-order chi connectivity index (χ0) is 22.3. The molecule has 2 fully saturated rings. The highest BCUT2D eigenvalue weighted by Gasteiger charge is 2.52. The predicted molar refractivity (Wildman–Crippen MR) is 123 cm³/mol. The summed E-state index contributed by atoms with van der Waals surface area (Å²) in [5, 5.41) is 7.85. The lowest BCUT2D eigenvalue weighted by Gasteiger charge is -2.43. The molecule has 3 heterocycles. The molecule has 5 rings (SSSR count). The summed E-state index contributed by atoms with van der Waals surface area (Å²) in [4.78, 5) is 26.7. The average Bonchev–Trinajstić information content (AvgIpc) is 3.33. The molecule has 166 valence electrons. The minimum Gasteiger partial charge on any atom is -0.445 e. The summed E-state index contributed by atoms with van der Waals surface area (Å²) >= 11 is 3.47. The molecule has 1 saturated heterocycles. The lowest BCUT2D eigenvalue weighted by molar-refractivity contribution is 0.0878. The van der Waals surface area contributed by atoms with E-state index in [2.05, 4.69) is 26.3 Å². The van der Waals surface area contributed by atoms with E-state index in [-0.39, 0.29) is 24.2 Å². The van der Waals surface area contributed by atoms with Crippen molar-refractivity contribution in [3.8, 4) is 0 Å². The highest BCUT2D eigenvalue weighted by atomic mass is 79.9. The van der Waals surface area contributed by atoms with Gasteiger partial charge in [0.1, 0.15) is 6.61 Å². The first-order valence-corrected chi connectivity index (χ1v) is 11.4. The second-order valence-corrected chi connectivity index (χ2v) is 9.53. The standard InChI is InChI=1S/C23H24BrN5O3/c24-16-9-18-20(17(21(25)30)10-26-29(18)11-16)27-19-12-28(14-23(19)7-4-8-23)22(31)32-13-15-5-2-1-3-6-15/h1-3,5-6,9-11,19,27H,4,7-8,12-14H2,(H2,25,30)/t19-/m1/s1. The van der Waals surface area contributed by atoms with Gasteiger partial charge in [-0.3, -0.25) is 4.79 Å². The molecule has 2 aromatic heterocycles. The summed E-state index contributed by atoms with van der Waals surface area (Å²) in [6, 6.07) is 11.5. The van der Waals surface area contributed by atoms with E-state index in [1.165, 1.54) is 6.20 Å². The predicted octanol–water partition coefficient (Wildman–Crippen LogP) is 3.80. The number of aromatic nitrogens is 2. The molecule has 0 bridgehead atoms. The smallest absolute Gasteiger partial charge is 0.410 e. The maximum Gasteiger partial charge on any atom is 0.410 e. The number of rotatable bonds is 5. The number of primary amides is 1. The van der Waals surface area contributed by atoms with Crippen LogP contribution in [0.1, 0.15) is 35.2 Å². The van der Waals surface area contributed by atoms with Crippen LogP contribution in [0.5, 0.6) is 0 Å². The highest BCUT2D eigenvalue weighted by Crippen LogP contribution is 2.49. The fourth-order valence-electron chi connectivity index (χ4n) is 4.79. The molecule has 2 amide bonds. The van der Waals surface area contributed by atoms with Crippen molar-refractivity contribution in [3.05, 3.63) is 64.4 Å². The summed E-state index contributed by atoms with van der Waals surface area (Å²) < 4.78 is 8.13. The molecule has 32 heavy (non-hydrogen) atoms. The van der Waals surface area contributed by atoms with Gasteiger partial charge in [-0.05, 0) is 40.4 Å². The molecule has 3 N–H and O–H groups in total. The van der Waals surface area contributed by atoms with E-state index < -0.39 is 5.91 Å². The van der Waals surface area contributed by atoms with E-state index >= 15 is 0 Å². The average molecular weight is 498 g/mol. The van der Waals surface area contributed by atoms with Gasteiger partial charge in [-0.15, -0.1) is 0 Å². The first-order chi connectivity index (χ1) is 15.4. The van der Waals surface area contributed by atoms with Crippen LogP contribution >= 0.6 is 15.9 Å². The molecular weight excluding hydrogens is 474 g/mol. The third-order valence-electron chi connectivity index (χ3n) is 6.65. The fourth-order valence-corrected chi connectivity index (χ4v) is 5.20. The van der Waals surface area contributed by atoms with Crippen molar-refractivity contribution in [1.29, 1.82) is 0 Å². The van der Waals surface area contributed by atoms with Crippen LogP contribution < -0.4 is 11.1 Å². The summed E-state index contributed by atoms with van der Waals surface area (Å²) in [5.41, 5.74) is 8.31. The molecule has 0 radical (unpaired) electrons. The van der Waals surface area contributed by atoms with Gasteiger partial charge in [0.2, 0.25) is 0 Å². The number of nitrogens with zero attached hydrogens (tertiary/aromatic N) is 3. The van der Waals surface area contributed by atoms with Gasteiger partial charge in [0, 0.05) is 29.2 Å². The Morgan fingerprint density at radius 1 is 1.28 bits per heavy atom. The van der Waals surface area contributed by atoms with Crippen LogP contribution in [-0.4, -0.2) is 45.6 Å². The SMILES string of the molecule is NC(=O)c1cnn2cc(Br)cc2c1N[C@@H]1CN(C(=O)OCc2ccccc2)CC12CCC2. The van der Waals surface area contributed by atoms with Crippen LogP contribution in [0.2, 0.25) is 0 Å². The minimum atomic E-state index is -0.542. The first kappa shape index (κ1) is 20.8. The number of likely N-dealkylation sites (tertiary alicyclic amines) is 1. The number of hydrogen-bond donors (Lipinski definition) is 2. The second kappa shape index (κ2) is 8.12.